The van der Waals surface area contributed by atoms with Crippen LogP contribution in [0.2, 0.25) is 0 Å². The zero-order chi connectivity index (χ0) is 14.8. The van der Waals surface area contributed by atoms with Crippen molar-refractivity contribution in [2.24, 2.45) is 17.3 Å². The molecule has 2 fully saturated rings. The lowest BCUT2D eigenvalue weighted by Gasteiger charge is -2.39. The van der Waals surface area contributed by atoms with Crippen molar-refractivity contribution >= 4 is 11.9 Å². The third-order valence-corrected chi connectivity index (χ3v) is 4.87. The van der Waals surface area contributed by atoms with Crippen LogP contribution in [0.4, 0.5) is 0 Å². The van der Waals surface area contributed by atoms with E-state index in [-0.39, 0.29) is 17.2 Å². The van der Waals surface area contributed by atoms with Crippen LogP contribution in [0.3, 0.4) is 0 Å². The molecule has 1 saturated carbocycles. The molecule has 4 heteroatoms. The normalized spacial score (nSPS) is 25.9. The topological polar surface area (TPSA) is 57.6 Å². The van der Waals surface area contributed by atoms with Gasteiger partial charge in [0.15, 0.2) is 0 Å². The highest BCUT2D eigenvalue weighted by atomic mass is 16.4. The van der Waals surface area contributed by atoms with E-state index in [0.29, 0.717) is 18.9 Å². The number of rotatable bonds is 4. The minimum Gasteiger partial charge on any atom is -0.481 e. The summed E-state index contributed by atoms with van der Waals surface area (Å²) in [6, 6.07) is 0. The standard InChI is InChI=1S/C16H27NO3/c1-12(2)10-16(7-3-4-8-16)15(20)17-9-5-6-13(11-17)14(18)19/h12-13H,3-11H2,1-2H3,(H,18,19)/t13-/m0/s1. The number of carboxylic acid groups (broad SMARTS) is 1. The smallest absolute Gasteiger partial charge is 0.308 e. The van der Waals surface area contributed by atoms with E-state index >= 15 is 0 Å². The Balaban J connectivity index is 2.09. The molecule has 0 aromatic heterocycles. The van der Waals surface area contributed by atoms with Gasteiger partial charge in [-0.2, -0.15) is 0 Å². The van der Waals surface area contributed by atoms with E-state index in [9.17, 15) is 14.7 Å². The molecule has 1 heterocycles. The molecule has 0 unspecified atom stereocenters. The van der Waals surface area contributed by atoms with Crippen LogP contribution in [0.5, 0.6) is 0 Å². The Kier molecular flexibility index (Phi) is 4.71. The third-order valence-electron chi connectivity index (χ3n) is 4.87. The quantitative estimate of drug-likeness (QED) is 0.862. The summed E-state index contributed by atoms with van der Waals surface area (Å²) in [5, 5.41) is 9.17. The molecule has 0 spiro atoms. The first-order valence-electron chi connectivity index (χ1n) is 7.97. The zero-order valence-corrected chi connectivity index (χ0v) is 12.7. The second kappa shape index (κ2) is 6.15. The van der Waals surface area contributed by atoms with Crippen molar-refractivity contribution in [1.29, 1.82) is 0 Å². The van der Waals surface area contributed by atoms with E-state index < -0.39 is 5.97 Å². The molecule has 1 aliphatic carbocycles. The lowest BCUT2D eigenvalue weighted by Crippen LogP contribution is -2.49. The monoisotopic (exact) mass is 281 g/mol. The second-order valence-electron chi connectivity index (χ2n) is 7.01. The number of nitrogens with zero attached hydrogens (tertiary/aromatic N) is 1. The van der Waals surface area contributed by atoms with E-state index in [1.54, 1.807) is 0 Å². The maximum Gasteiger partial charge on any atom is 0.308 e. The largest absolute Gasteiger partial charge is 0.481 e. The van der Waals surface area contributed by atoms with Crippen molar-refractivity contribution in [1.82, 2.24) is 4.90 Å². The van der Waals surface area contributed by atoms with Crippen LogP contribution in [0.15, 0.2) is 0 Å². The summed E-state index contributed by atoms with van der Waals surface area (Å²) in [7, 11) is 0. The van der Waals surface area contributed by atoms with Crippen LogP contribution in [0.1, 0.15) is 58.8 Å². The van der Waals surface area contributed by atoms with Gasteiger partial charge in [-0.3, -0.25) is 9.59 Å². The molecule has 20 heavy (non-hydrogen) atoms. The van der Waals surface area contributed by atoms with Crippen LogP contribution < -0.4 is 0 Å². The summed E-state index contributed by atoms with van der Waals surface area (Å²) in [5.41, 5.74) is -0.200. The predicted molar refractivity (Wildman–Crippen MR) is 77.3 cm³/mol. The summed E-state index contributed by atoms with van der Waals surface area (Å²) in [6.07, 6.45) is 6.71. The number of hydrogen-bond acceptors (Lipinski definition) is 2. The van der Waals surface area contributed by atoms with Crippen molar-refractivity contribution < 1.29 is 14.7 Å². The Morgan fingerprint density at radius 2 is 1.90 bits per heavy atom. The first kappa shape index (κ1) is 15.3. The van der Waals surface area contributed by atoms with Crippen LogP contribution in [-0.2, 0) is 9.59 Å². The van der Waals surface area contributed by atoms with Gasteiger partial charge in [-0.1, -0.05) is 26.7 Å². The van der Waals surface area contributed by atoms with Crippen molar-refractivity contribution in [2.75, 3.05) is 13.1 Å². The molecule has 1 saturated heterocycles. The fourth-order valence-electron chi connectivity index (χ4n) is 4.04. The molecule has 0 bridgehead atoms. The highest BCUT2D eigenvalue weighted by Crippen LogP contribution is 2.45. The number of carboxylic acids is 1. The molecule has 1 N–H and O–H groups in total. The molecule has 1 amide bonds. The molecule has 0 aromatic carbocycles. The molecule has 1 atom stereocenters. The van der Waals surface area contributed by atoms with Crippen molar-refractivity contribution in [3.8, 4) is 0 Å². The average Bonchev–Trinajstić information content (AvgIpc) is 2.86. The van der Waals surface area contributed by atoms with Crippen molar-refractivity contribution in [2.45, 2.75) is 58.8 Å². The fraction of sp³-hybridized carbons (Fsp3) is 0.875. The molecule has 0 aromatic rings. The fourth-order valence-corrected chi connectivity index (χ4v) is 4.04. The Hall–Kier alpha value is -1.06. The molecule has 1 aliphatic heterocycles. The minimum absolute atomic E-state index is 0.200. The number of carbonyl (C=O) groups excluding carboxylic acids is 1. The Morgan fingerprint density at radius 1 is 1.25 bits per heavy atom. The summed E-state index contributed by atoms with van der Waals surface area (Å²) < 4.78 is 0. The lowest BCUT2D eigenvalue weighted by atomic mass is 9.76. The van der Waals surface area contributed by atoms with Gasteiger partial charge < -0.3 is 10.0 Å². The van der Waals surface area contributed by atoms with E-state index in [2.05, 4.69) is 13.8 Å². The highest BCUT2D eigenvalue weighted by molar-refractivity contribution is 5.84. The van der Waals surface area contributed by atoms with Crippen LogP contribution in [0.25, 0.3) is 0 Å². The predicted octanol–water partition coefficient (Wildman–Crippen LogP) is 2.92. The van der Waals surface area contributed by atoms with Gasteiger partial charge in [-0.15, -0.1) is 0 Å². The number of amides is 1. The molecule has 0 radical (unpaired) electrons. The molecular formula is C16H27NO3. The van der Waals surface area contributed by atoms with Crippen LogP contribution in [0, 0.1) is 17.3 Å². The van der Waals surface area contributed by atoms with Gasteiger partial charge in [0.25, 0.3) is 0 Å². The molecule has 114 valence electrons. The lowest BCUT2D eigenvalue weighted by molar-refractivity contribution is -0.150. The SMILES string of the molecule is CC(C)CC1(C(=O)N2CCC[C@H](C(=O)O)C2)CCCC1. The zero-order valence-electron chi connectivity index (χ0n) is 12.7. The first-order valence-corrected chi connectivity index (χ1v) is 7.97. The van der Waals surface area contributed by atoms with E-state index in [1.165, 1.54) is 0 Å². The maximum atomic E-state index is 13.0. The number of carbonyl (C=O) groups is 2. The number of aliphatic carboxylic acids is 1. The maximum absolute atomic E-state index is 13.0. The van der Waals surface area contributed by atoms with E-state index in [0.717, 1.165) is 45.1 Å². The third kappa shape index (κ3) is 3.15. The molecule has 4 nitrogen and oxygen atoms in total. The van der Waals surface area contributed by atoms with Crippen LogP contribution >= 0.6 is 0 Å². The Morgan fingerprint density at radius 3 is 2.45 bits per heavy atom. The van der Waals surface area contributed by atoms with Gasteiger partial charge in [-0.25, -0.2) is 0 Å². The van der Waals surface area contributed by atoms with Gasteiger partial charge in [-0.05, 0) is 38.0 Å². The van der Waals surface area contributed by atoms with Gasteiger partial charge in [0.2, 0.25) is 5.91 Å². The molecule has 2 rings (SSSR count). The Bertz CT molecular complexity index is 372. The number of hydrogen-bond donors (Lipinski definition) is 1. The van der Waals surface area contributed by atoms with Crippen LogP contribution in [-0.4, -0.2) is 35.0 Å². The van der Waals surface area contributed by atoms with Gasteiger partial charge >= 0.3 is 5.97 Å². The van der Waals surface area contributed by atoms with E-state index in [4.69, 9.17) is 0 Å². The number of piperidine rings is 1. The Labute approximate surface area is 121 Å². The van der Waals surface area contributed by atoms with Gasteiger partial charge in [0.05, 0.1) is 5.92 Å². The average molecular weight is 281 g/mol. The summed E-state index contributed by atoms with van der Waals surface area (Å²) in [5.74, 6) is -0.385. The first-order chi connectivity index (χ1) is 9.44. The molecule has 2 aliphatic rings. The van der Waals surface area contributed by atoms with Crippen molar-refractivity contribution in [3.63, 3.8) is 0 Å². The van der Waals surface area contributed by atoms with Gasteiger partial charge in [0, 0.05) is 18.5 Å². The molecular weight excluding hydrogens is 254 g/mol. The summed E-state index contributed by atoms with van der Waals surface area (Å²) in [4.78, 5) is 26.0. The number of likely N-dealkylation sites (tertiary alicyclic amines) is 1. The van der Waals surface area contributed by atoms with Crippen molar-refractivity contribution in [3.05, 3.63) is 0 Å². The summed E-state index contributed by atoms with van der Waals surface area (Å²) >= 11 is 0. The second-order valence-corrected chi connectivity index (χ2v) is 7.01. The van der Waals surface area contributed by atoms with E-state index in [1.807, 2.05) is 4.90 Å². The minimum atomic E-state index is -0.758. The highest BCUT2D eigenvalue weighted by Gasteiger charge is 2.44. The van der Waals surface area contributed by atoms with Gasteiger partial charge in [0.1, 0.15) is 0 Å². The summed E-state index contributed by atoms with van der Waals surface area (Å²) in [6.45, 7) is 5.49.